The summed E-state index contributed by atoms with van der Waals surface area (Å²) in [5, 5.41) is 6.22. The second-order valence-corrected chi connectivity index (χ2v) is 6.04. The third-order valence-electron chi connectivity index (χ3n) is 3.66. The maximum atomic E-state index is 12.1. The van der Waals surface area contributed by atoms with E-state index in [0.717, 1.165) is 23.2 Å². The summed E-state index contributed by atoms with van der Waals surface area (Å²) in [6, 6.07) is 11.6. The Balaban J connectivity index is 1.67. The maximum Gasteiger partial charge on any atom is 0.274 e. The predicted molar refractivity (Wildman–Crippen MR) is 86.6 cm³/mol. The summed E-state index contributed by atoms with van der Waals surface area (Å²) in [5.74, 6) is 0.390. The van der Waals surface area contributed by atoms with E-state index < -0.39 is 0 Å². The summed E-state index contributed by atoms with van der Waals surface area (Å²) >= 11 is 3.30. The lowest BCUT2D eigenvalue weighted by Crippen LogP contribution is -2.13. The van der Waals surface area contributed by atoms with E-state index in [1.807, 2.05) is 12.1 Å². The number of nitrogens with one attached hydrogen (secondary N) is 2. The second-order valence-electron chi connectivity index (χ2n) is 5.13. The molecular formula is C16H16BrN3O. The lowest BCUT2D eigenvalue weighted by Gasteiger charge is -2.10. The highest BCUT2D eigenvalue weighted by molar-refractivity contribution is 9.10. The third kappa shape index (κ3) is 3.49. The van der Waals surface area contributed by atoms with Gasteiger partial charge in [-0.05, 0) is 64.6 Å². The molecule has 1 aromatic heterocycles. The highest BCUT2D eigenvalue weighted by Gasteiger charge is 2.16. The van der Waals surface area contributed by atoms with Gasteiger partial charge in [0.05, 0.1) is 0 Å². The van der Waals surface area contributed by atoms with Crippen molar-refractivity contribution in [1.82, 2.24) is 10.3 Å². The van der Waals surface area contributed by atoms with Crippen LogP contribution in [-0.2, 0) is 0 Å². The summed E-state index contributed by atoms with van der Waals surface area (Å²) in [7, 11) is 0. The Morgan fingerprint density at radius 3 is 2.67 bits per heavy atom. The summed E-state index contributed by atoms with van der Waals surface area (Å²) in [4.78, 5) is 16.2. The van der Waals surface area contributed by atoms with Gasteiger partial charge in [-0.2, -0.15) is 0 Å². The van der Waals surface area contributed by atoms with E-state index in [9.17, 15) is 4.79 Å². The Hall–Kier alpha value is -1.72. The average Bonchev–Trinajstić information content (AvgIpc) is 3.03. The van der Waals surface area contributed by atoms with E-state index in [1.54, 1.807) is 18.3 Å². The number of rotatable bonds is 3. The SMILES string of the molecule is O=C(Nc1ccc([C@@H]2CCNC2)cc1)c1ccc(Br)cn1. The van der Waals surface area contributed by atoms with Crippen molar-refractivity contribution in [3.05, 3.63) is 58.3 Å². The van der Waals surface area contributed by atoms with E-state index in [1.165, 1.54) is 12.0 Å². The van der Waals surface area contributed by atoms with Crippen LogP contribution in [0.4, 0.5) is 5.69 Å². The number of nitrogens with zero attached hydrogens (tertiary/aromatic N) is 1. The van der Waals surface area contributed by atoms with Gasteiger partial charge in [-0.15, -0.1) is 0 Å². The van der Waals surface area contributed by atoms with Crippen molar-refractivity contribution in [3.63, 3.8) is 0 Å². The fraction of sp³-hybridized carbons (Fsp3) is 0.250. The van der Waals surface area contributed by atoms with E-state index in [4.69, 9.17) is 0 Å². The number of amides is 1. The first-order valence-electron chi connectivity index (χ1n) is 6.96. The molecule has 2 aromatic rings. The van der Waals surface area contributed by atoms with Gasteiger partial charge in [0.25, 0.3) is 5.91 Å². The van der Waals surface area contributed by atoms with Crippen LogP contribution in [0.15, 0.2) is 47.1 Å². The van der Waals surface area contributed by atoms with Crippen molar-refractivity contribution in [2.45, 2.75) is 12.3 Å². The minimum Gasteiger partial charge on any atom is -0.321 e. The van der Waals surface area contributed by atoms with Gasteiger partial charge in [0.2, 0.25) is 0 Å². The molecular weight excluding hydrogens is 330 g/mol. The smallest absolute Gasteiger partial charge is 0.274 e. The topological polar surface area (TPSA) is 54.0 Å². The van der Waals surface area contributed by atoms with Gasteiger partial charge in [-0.1, -0.05) is 12.1 Å². The van der Waals surface area contributed by atoms with Crippen molar-refractivity contribution in [3.8, 4) is 0 Å². The quantitative estimate of drug-likeness (QED) is 0.898. The van der Waals surface area contributed by atoms with Gasteiger partial charge < -0.3 is 10.6 Å². The molecule has 1 fully saturated rings. The molecule has 0 bridgehead atoms. The van der Waals surface area contributed by atoms with Crippen molar-refractivity contribution in [2.75, 3.05) is 18.4 Å². The van der Waals surface area contributed by atoms with Crippen LogP contribution in [0.1, 0.15) is 28.4 Å². The molecule has 0 aliphatic carbocycles. The summed E-state index contributed by atoms with van der Waals surface area (Å²) in [5.41, 5.74) is 2.52. The van der Waals surface area contributed by atoms with Crippen LogP contribution in [0.3, 0.4) is 0 Å². The van der Waals surface area contributed by atoms with Crippen LogP contribution in [0.2, 0.25) is 0 Å². The van der Waals surface area contributed by atoms with Gasteiger partial charge in [0.15, 0.2) is 0 Å². The van der Waals surface area contributed by atoms with Crippen LogP contribution in [0.5, 0.6) is 0 Å². The number of pyridine rings is 1. The van der Waals surface area contributed by atoms with Crippen molar-refractivity contribution in [2.24, 2.45) is 0 Å². The number of carbonyl (C=O) groups is 1. The van der Waals surface area contributed by atoms with Crippen LogP contribution < -0.4 is 10.6 Å². The van der Waals surface area contributed by atoms with Gasteiger partial charge in [0, 0.05) is 22.9 Å². The van der Waals surface area contributed by atoms with Gasteiger partial charge in [-0.25, -0.2) is 4.98 Å². The third-order valence-corrected chi connectivity index (χ3v) is 4.13. The molecule has 21 heavy (non-hydrogen) atoms. The largest absolute Gasteiger partial charge is 0.321 e. The first-order chi connectivity index (χ1) is 10.2. The first-order valence-corrected chi connectivity index (χ1v) is 7.75. The number of carbonyl (C=O) groups excluding carboxylic acids is 1. The second kappa shape index (κ2) is 6.37. The Labute approximate surface area is 132 Å². The molecule has 3 rings (SSSR count). The molecule has 5 heteroatoms. The van der Waals surface area contributed by atoms with Crippen LogP contribution in [0.25, 0.3) is 0 Å². The van der Waals surface area contributed by atoms with Gasteiger partial charge in [-0.3, -0.25) is 4.79 Å². The molecule has 2 N–H and O–H groups in total. The van der Waals surface area contributed by atoms with Crippen LogP contribution in [-0.4, -0.2) is 24.0 Å². The fourth-order valence-corrected chi connectivity index (χ4v) is 2.72. The standard InChI is InChI=1S/C16H16BrN3O/c17-13-3-6-15(19-10-13)16(21)20-14-4-1-11(2-5-14)12-7-8-18-9-12/h1-6,10,12,18H,7-9H2,(H,20,21)/t12-/m1/s1. The van der Waals surface area contributed by atoms with E-state index >= 15 is 0 Å². The van der Waals surface area contributed by atoms with E-state index in [0.29, 0.717) is 11.6 Å². The number of anilines is 1. The minimum atomic E-state index is -0.196. The molecule has 1 atom stereocenters. The summed E-state index contributed by atoms with van der Waals surface area (Å²) < 4.78 is 0.855. The first kappa shape index (κ1) is 14.2. The molecule has 108 valence electrons. The molecule has 0 radical (unpaired) electrons. The lowest BCUT2D eigenvalue weighted by molar-refractivity contribution is 0.102. The lowest BCUT2D eigenvalue weighted by atomic mass is 9.98. The Morgan fingerprint density at radius 1 is 1.24 bits per heavy atom. The number of hydrogen-bond acceptors (Lipinski definition) is 3. The fourth-order valence-electron chi connectivity index (χ4n) is 2.48. The Morgan fingerprint density at radius 2 is 2.05 bits per heavy atom. The molecule has 1 aromatic carbocycles. The number of hydrogen-bond donors (Lipinski definition) is 2. The highest BCUT2D eigenvalue weighted by Crippen LogP contribution is 2.23. The average molecular weight is 346 g/mol. The molecule has 2 heterocycles. The Bertz CT molecular complexity index is 619. The molecule has 0 spiro atoms. The van der Waals surface area contributed by atoms with Crippen molar-refractivity contribution < 1.29 is 4.79 Å². The number of halogens is 1. The van der Waals surface area contributed by atoms with Gasteiger partial charge >= 0.3 is 0 Å². The van der Waals surface area contributed by atoms with E-state index in [2.05, 4.69) is 43.7 Å². The summed E-state index contributed by atoms with van der Waals surface area (Å²) in [6.45, 7) is 2.12. The molecule has 1 aliphatic heterocycles. The zero-order chi connectivity index (χ0) is 14.7. The van der Waals surface area contributed by atoms with Crippen LogP contribution >= 0.6 is 15.9 Å². The Kier molecular flexibility index (Phi) is 4.31. The van der Waals surface area contributed by atoms with E-state index in [-0.39, 0.29) is 5.91 Å². The number of aromatic nitrogens is 1. The predicted octanol–water partition coefficient (Wildman–Crippen LogP) is 3.17. The zero-order valence-electron chi connectivity index (χ0n) is 11.5. The molecule has 0 saturated carbocycles. The molecule has 0 unspecified atom stereocenters. The van der Waals surface area contributed by atoms with Crippen molar-refractivity contribution >= 4 is 27.5 Å². The van der Waals surface area contributed by atoms with Crippen molar-refractivity contribution in [1.29, 1.82) is 0 Å². The van der Waals surface area contributed by atoms with Crippen LogP contribution in [0, 0.1) is 0 Å². The normalized spacial score (nSPS) is 17.7. The number of benzene rings is 1. The molecule has 4 nitrogen and oxygen atoms in total. The highest BCUT2D eigenvalue weighted by atomic mass is 79.9. The molecule has 1 aliphatic rings. The molecule has 1 saturated heterocycles. The summed E-state index contributed by atoms with van der Waals surface area (Å²) in [6.07, 6.45) is 2.79. The van der Waals surface area contributed by atoms with Gasteiger partial charge in [0.1, 0.15) is 5.69 Å². The molecule has 1 amide bonds. The zero-order valence-corrected chi connectivity index (χ0v) is 13.1. The minimum absolute atomic E-state index is 0.196. The monoisotopic (exact) mass is 345 g/mol. The maximum absolute atomic E-state index is 12.1.